The molecule has 27 heavy (non-hydrogen) atoms. The van der Waals surface area contributed by atoms with Gasteiger partial charge < -0.3 is 9.30 Å². The Kier molecular flexibility index (Phi) is 5.51. The summed E-state index contributed by atoms with van der Waals surface area (Å²) >= 11 is 3.23. The van der Waals surface area contributed by atoms with Gasteiger partial charge in [-0.25, -0.2) is 9.18 Å². The first-order chi connectivity index (χ1) is 12.9. The van der Waals surface area contributed by atoms with Gasteiger partial charge in [0.05, 0.1) is 5.56 Å². The van der Waals surface area contributed by atoms with Gasteiger partial charge in [-0.05, 0) is 66.2 Å². The van der Waals surface area contributed by atoms with E-state index < -0.39 is 5.97 Å². The van der Waals surface area contributed by atoms with Gasteiger partial charge in [0.25, 0.3) is 0 Å². The van der Waals surface area contributed by atoms with Crippen LogP contribution in [0.2, 0.25) is 0 Å². The molecule has 0 N–H and O–H groups in total. The molecule has 0 saturated carbocycles. The van der Waals surface area contributed by atoms with Crippen LogP contribution in [0, 0.1) is 19.7 Å². The van der Waals surface area contributed by atoms with Crippen LogP contribution in [-0.4, -0.2) is 27.9 Å². The minimum atomic E-state index is -0.621. The molecular weight excluding hydrogens is 415 g/mol. The molecule has 0 atom stereocenters. The van der Waals surface area contributed by atoms with Gasteiger partial charge >= 0.3 is 5.97 Å². The zero-order chi connectivity index (χ0) is 19.6. The number of aromatic nitrogens is 2. The smallest absolute Gasteiger partial charge is 0.340 e. The fourth-order valence-corrected chi connectivity index (χ4v) is 3.21. The van der Waals surface area contributed by atoms with E-state index in [0.29, 0.717) is 15.7 Å². The molecule has 0 aliphatic rings. The summed E-state index contributed by atoms with van der Waals surface area (Å²) in [6.07, 6.45) is 2.92. The summed E-state index contributed by atoms with van der Waals surface area (Å²) in [7, 11) is 0. The van der Waals surface area contributed by atoms with E-state index in [1.54, 1.807) is 37.4 Å². The highest BCUT2D eigenvalue weighted by Crippen LogP contribution is 2.22. The Morgan fingerprint density at radius 2 is 1.85 bits per heavy atom. The van der Waals surface area contributed by atoms with E-state index in [0.717, 1.165) is 11.4 Å². The van der Waals surface area contributed by atoms with Crippen LogP contribution < -0.4 is 0 Å². The van der Waals surface area contributed by atoms with Gasteiger partial charge in [-0.3, -0.25) is 9.78 Å². The number of ketones is 1. The molecular formula is C20H16BrFN2O3. The molecule has 2 heterocycles. The summed E-state index contributed by atoms with van der Waals surface area (Å²) in [4.78, 5) is 28.5. The molecule has 0 unspecified atom stereocenters. The number of rotatable bonds is 5. The van der Waals surface area contributed by atoms with Crippen LogP contribution in [0.1, 0.15) is 32.1 Å². The third-order valence-corrected chi connectivity index (χ3v) is 4.52. The van der Waals surface area contributed by atoms with E-state index in [1.165, 1.54) is 18.3 Å². The fraction of sp³-hybridized carbons (Fsp3) is 0.150. The highest BCUT2D eigenvalue weighted by Gasteiger charge is 2.19. The van der Waals surface area contributed by atoms with Crippen molar-refractivity contribution in [2.45, 2.75) is 13.8 Å². The van der Waals surface area contributed by atoms with Crippen LogP contribution in [0.3, 0.4) is 0 Å². The van der Waals surface area contributed by atoms with Gasteiger partial charge in [0.15, 0.2) is 6.61 Å². The number of carbonyl (C=O) groups excluding carboxylic acids is 2. The predicted octanol–water partition coefficient (Wildman–Crippen LogP) is 4.43. The maximum Gasteiger partial charge on any atom is 0.340 e. The number of halogens is 2. The van der Waals surface area contributed by atoms with Gasteiger partial charge in [-0.15, -0.1) is 0 Å². The number of benzene rings is 1. The number of ether oxygens (including phenoxy) is 1. The number of hydrogen-bond donors (Lipinski definition) is 0. The van der Waals surface area contributed by atoms with Crippen LogP contribution in [0.5, 0.6) is 0 Å². The van der Waals surface area contributed by atoms with Gasteiger partial charge in [0, 0.05) is 39.5 Å². The summed E-state index contributed by atoms with van der Waals surface area (Å²) in [5, 5.41) is 0. The molecule has 138 valence electrons. The largest absolute Gasteiger partial charge is 0.454 e. The van der Waals surface area contributed by atoms with Crippen molar-refractivity contribution in [3.63, 3.8) is 0 Å². The van der Waals surface area contributed by atoms with Gasteiger partial charge in [0.2, 0.25) is 5.78 Å². The topological polar surface area (TPSA) is 61.2 Å². The molecule has 5 nitrogen and oxygen atoms in total. The van der Waals surface area contributed by atoms with Crippen molar-refractivity contribution in [3.05, 3.63) is 81.6 Å². The first-order valence-electron chi connectivity index (χ1n) is 8.12. The van der Waals surface area contributed by atoms with E-state index in [1.807, 2.05) is 11.5 Å². The molecule has 2 aromatic heterocycles. The minimum Gasteiger partial charge on any atom is -0.454 e. The highest BCUT2D eigenvalue weighted by atomic mass is 79.9. The first-order valence-corrected chi connectivity index (χ1v) is 8.92. The van der Waals surface area contributed by atoms with Crippen LogP contribution in [0.25, 0.3) is 5.69 Å². The zero-order valence-electron chi connectivity index (χ0n) is 14.7. The Morgan fingerprint density at radius 3 is 2.52 bits per heavy atom. The van der Waals surface area contributed by atoms with Crippen molar-refractivity contribution in [2.75, 3.05) is 6.61 Å². The lowest BCUT2D eigenvalue weighted by Gasteiger charge is -2.10. The maximum absolute atomic E-state index is 13.2. The highest BCUT2D eigenvalue weighted by molar-refractivity contribution is 9.10. The maximum atomic E-state index is 13.2. The Hall–Kier alpha value is -2.80. The molecule has 0 spiro atoms. The van der Waals surface area contributed by atoms with Gasteiger partial charge in [0.1, 0.15) is 5.82 Å². The number of aryl methyl sites for hydroxylation is 1. The van der Waals surface area contributed by atoms with Crippen molar-refractivity contribution in [1.29, 1.82) is 0 Å². The predicted molar refractivity (Wildman–Crippen MR) is 102 cm³/mol. The summed E-state index contributed by atoms with van der Waals surface area (Å²) in [6.45, 7) is 3.27. The van der Waals surface area contributed by atoms with E-state index in [-0.39, 0.29) is 23.8 Å². The first kappa shape index (κ1) is 19.0. The van der Waals surface area contributed by atoms with E-state index in [9.17, 15) is 14.0 Å². The molecule has 0 aliphatic carbocycles. The van der Waals surface area contributed by atoms with E-state index in [4.69, 9.17) is 4.74 Å². The third kappa shape index (κ3) is 4.14. The Bertz CT molecular complexity index is 1010. The molecule has 3 rings (SSSR count). The van der Waals surface area contributed by atoms with Crippen LogP contribution in [0.4, 0.5) is 4.39 Å². The SMILES string of the molecule is Cc1cc(C(=O)COC(=O)c2cncc(Br)c2)c(C)n1-c1ccc(F)cc1. The van der Waals surface area contributed by atoms with Gasteiger partial charge in [-0.2, -0.15) is 0 Å². The summed E-state index contributed by atoms with van der Waals surface area (Å²) in [6, 6.07) is 9.32. The Balaban J connectivity index is 1.76. The second kappa shape index (κ2) is 7.84. The zero-order valence-corrected chi connectivity index (χ0v) is 16.3. The fourth-order valence-electron chi connectivity index (χ4n) is 2.85. The number of pyridine rings is 1. The Labute approximate surface area is 163 Å². The van der Waals surface area contributed by atoms with E-state index in [2.05, 4.69) is 20.9 Å². The normalized spacial score (nSPS) is 10.7. The molecule has 0 aliphatic heterocycles. The lowest BCUT2D eigenvalue weighted by atomic mass is 10.1. The van der Waals surface area contributed by atoms with Crippen molar-refractivity contribution >= 4 is 27.7 Å². The molecule has 0 radical (unpaired) electrons. The van der Waals surface area contributed by atoms with Crippen molar-refractivity contribution < 1.29 is 18.7 Å². The minimum absolute atomic E-state index is 0.258. The number of carbonyl (C=O) groups is 2. The molecule has 7 heteroatoms. The number of nitrogens with zero attached hydrogens (tertiary/aromatic N) is 2. The molecule has 0 bridgehead atoms. The molecule has 0 fully saturated rings. The van der Waals surface area contributed by atoms with Crippen LogP contribution in [0.15, 0.2) is 53.3 Å². The van der Waals surface area contributed by atoms with Crippen molar-refractivity contribution in [1.82, 2.24) is 9.55 Å². The standard InChI is InChI=1S/C20H16BrFN2O3/c1-12-7-18(13(2)24(12)17-5-3-16(22)4-6-17)19(25)11-27-20(26)14-8-15(21)10-23-9-14/h3-10H,11H2,1-2H3. The molecule has 3 aromatic rings. The number of hydrogen-bond acceptors (Lipinski definition) is 4. The van der Waals surface area contributed by atoms with E-state index >= 15 is 0 Å². The number of esters is 1. The van der Waals surface area contributed by atoms with Crippen LogP contribution >= 0.6 is 15.9 Å². The number of Topliss-reactive ketones (excluding diaryl/α,β-unsaturated/α-hetero) is 1. The third-order valence-electron chi connectivity index (χ3n) is 4.09. The van der Waals surface area contributed by atoms with Crippen molar-refractivity contribution in [3.8, 4) is 5.69 Å². The summed E-state index contributed by atoms with van der Waals surface area (Å²) in [5.74, 6) is -1.26. The second-order valence-corrected chi connectivity index (χ2v) is 6.90. The molecule has 0 amide bonds. The quantitative estimate of drug-likeness (QED) is 0.443. The second-order valence-electron chi connectivity index (χ2n) is 5.99. The molecule has 0 saturated heterocycles. The average molecular weight is 431 g/mol. The van der Waals surface area contributed by atoms with Gasteiger partial charge in [-0.1, -0.05) is 0 Å². The van der Waals surface area contributed by atoms with Crippen LogP contribution in [-0.2, 0) is 4.74 Å². The Morgan fingerprint density at radius 1 is 1.15 bits per heavy atom. The average Bonchev–Trinajstić information content (AvgIpc) is 2.94. The monoisotopic (exact) mass is 430 g/mol. The summed E-state index contributed by atoms with van der Waals surface area (Å²) in [5.41, 5.74) is 2.99. The summed E-state index contributed by atoms with van der Waals surface area (Å²) < 4.78 is 20.8. The lowest BCUT2D eigenvalue weighted by molar-refractivity contribution is 0.0474. The molecule has 1 aromatic carbocycles. The van der Waals surface area contributed by atoms with Crippen molar-refractivity contribution in [2.24, 2.45) is 0 Å². The lowest BCUT2D eigenvalue weighted by Crippen LogP contribution is -2.15.